The summed E-state index contributed by atoms with van der Waals surface area (Å²) in [5.41, 5.74) is 4.20. The van der Waals surface area contributed by atoms with Gasteiger partial charge in [0.2, 0.25) is 0 Å². The third-order valence-corrected chi connectivity index (χ3v) is 7.48. The molecule has 1 saturated heterocycles. The van der Waals surface area contributed by atoms with Gasteiger partial charge >= 0.3 is 12.1 Å². The number of carboxylic acids is 1. The first-order valence-corrected chi connectivity index (χ1v) is 11.5. The van der Waals surface area contributed by atoms with E-state index < -0.39 is 17.5 Å². The van der Waals surface area contributed by atoms with Crippen LogP contribution in [0.15, 0.2) is 59.3 Å². The third-order valence-electron chi connectivity index (χ3n) is 7.48. The molecule has 1 aliphatic heterocycles. The smallest absolute Gasteiger partial charge is 0.407 e. The van der Waals surface area contributed by atoms with Crippen molar-refractivity contribution in [3.8, 4) is 11.1 Å². The number of rotatable bonds is 6. The van der Waals surface area contributed by atoms with E-state index >= 15 is 0 Å². The number of likely N-dealkylation sites (tertiary alicyclic amines) is 1. The predicted molar refractivity (Wildman–Crippen MR) is 122 cm³/mol. The van der Waals surface area contributed by atoms with Gasteiger partial charge in [-0.1, -0.05) is 53.7 Å². The molecule has 2 aliphatic carbocycles. The zero-order valence-corrected chi connectivity index (χ0v) is 18.8. The lowest BCUT2D eigenvalue weighted by atomic mass is 9.98. The monoisotopic (exact) mass is 473 g/mol. The van der Waals surface area contributed by atoms with Crippen molar-refractivity contribution in [3.05, 3.63) is 77.2 Å². The largest absolute Gasteiger partial charge is 0.481 e. The molecule has 9 nitrogen and oxygen atoms in total. The molecule has 1 aromatic heterocycles. The molecule has 2 unspecified atom stereocenters. The number of aromatic nitrogens is 1. The molecule has 0 bridgehead atoms. The molecule has 3 aliphatic rings. The van der Waals surface area contributed by atoms with E-state index in [1.54, 1.807) is 0 Å². The highest BCUT2D eigenvalue weighted by molar-refractivity contribution is 5.96. The fourth-order valence-electron chi connectivity index (χ4n) is 5.51. The summed E-state index contributed by atoms with van der Waals surface area (Å²) in [6.07, 6.45) is 1.21. The van der Waals surface area contributed by atoms with Gasteiger partial charge in [-0.3, -0.25) is 9.59 Å². The van der Waals surface area contributed by atoms with E-state index in [0.29, 0.717) is 13.0 Å². The van der Waals surface area contributed by atoms with Crippen molar-refractivity contribution >= 4 is 18.0 Å². The zero-order chi connectivity index (χ0) is 24.2. The molecule has 2 fully saturated rings. The maximum Gasteiger partial charge on any atom is 0.407 e. The maximum absolute atomic E-state index is 12.9. The van der Waals surface area contributed by atoms with E-state index in [1.165, 1.54) is 11.2 Å². The van der Waals surface area contributed by atoms with Gasteiger partial charge in [0.05, 0.1) is 12.0 Å². The lowest BCUT2D eigenvalue weighted by Gasteiger charge is -2.19. The van der Waals surface area contributed by atoms with Crippen molar-refractivity contribution in [1.82, 2.24) is 15.4 Å². The van der Waals surface area contributed by atoms with Crippen LogP contribution >= 0.6 is 0 Å². The number of carbonyl (C=O) groups is 3. The van der Waals surface area contributed by atoms with Gasteiger partial charge in [0, 0.05) is 19.0 Å². The third kappa shape index (κ3) is 3.46. The number of benzene rings is 2. The Balaban J connectivity index is 1.07. The quantitative estimate of drug-likeness (QED) is 0.563. The predicted octanol–water partition coefficient (Wildman–Crippen LogP) is 3.26. The number of piperidine rings is 1. The molecule has 178 valence electrons. The van der Waals surface area contributed by atoms with E-state index in [9.17, 15) is 19.5 Å². The normalized spacial score (nSPS) is 21.7. The van der Waals surface area contributed by atoms with Crippen LogP contribution < -0.4 is 5.32 Å². The maximum atomic E-state index is 12.9. The molecule has 6 rings (SSSR count). The second-order valence-corrected chi connectivity index (χ2v) is 9.40. The van der Waals surface area contributed by atoms with Gasteiger partial charge in [0.25, 0.3) is 5.91 Å². The Morgan fingerprint density at radius 2 is 1.80 bits per heavy atom. The minimum Gasteiger partial charge on any atom is -0.481 e. The molecule has 0 spiro atoms. The first-order chi connectivity index (χ1) is 17.0. The van der Waals surface area contributed by atoms with E-state index in [1.807, 2.05) is 36.4 Å². The van der Waals surface area contributed by atoms with Gasteiger partial charge in [-0.05, 0) is 34.6 Å². The summed E-state index contributed by atoms with van der Waals surface area (Å²) >= 11 is 0. The molecular weight excluding hydrogens is 450 g/mol. The summed E-state index contributed by atoms with van der Waals surface area (Å²) in [7, 11) is 0. The van der Waals surface area contributed by atoms with E-state index in [4.69, 9.17) is 9.26 Å². The van der Waals surface area contributed by atoms with Crippen LogP contribution in [0.3, 0.4) is 0 Å². The van der Waals surface area contributed by atoms with Crippen LogP contribution in [-0.4, -0.2) is 52.8 Å². The number of carbonyl (C=O) groups excluding carboxylic acids is 2. The van der Waals surface area contributed by atoms with E-state index in [-0.39, 0.29) is 48.7 Å². The molecule has 2 atom stereocenters. The van der Waals surface area contributed by atoms with Crippen LogP contribution in [0.25, 0.3) is 11.1 Å². The van der Waals surface area contributed by atoms with Crippen molar-refractivity contribution < 1.29 is 28.8 Å². The van der Waals surface area contributed by atoms with Gasteiger partial charge < -0.3 is 24.6 Å². The van der Waals surface area contributed by atoms with Crippen LogP contribution in [0.4, 0.5) is 4.79 Å². The summed E-state index contributed by atoms with van der Waals surface area (Å²) in [4.78, 5) is 38.4. The lowest BCUT2D eigenvalue weighted by Crippen LogP contribution is -2.34. The summed E-state index contributed by atoms with van der Waals surface area (Å²) in [5, 5.41) is 15.9. The Kier molecular flexibility index (Phi) is 4.87. The fraction of sp³-hybridized carbons (Fsp3) is 0.308. The number of nitrogens with one attached hydrogen (secondary N) is 1. The average molecular weight is 473 g/mol. The van der Waals surface area contributed by atoms with Crippen molar-refractivity contribution in [3.63, 3.8) is 0 Å². The molecule has 2 amide bonds. The summed E-state index contributed by atoms with van der Waals surface area (Å²) in [6, 6.07) is 16.2. The van der Waals surface area contributed by atoms with Crippen molar-refractivity contribution in [2.75, 3.05) is 19.7 Å². The number of hydrogen-bond acceptors (Lipinski definition) is 6. The highest BCUT2D eigenvalue weighted by atomic mass is 16.5. The molecule has 3 aromatic rings. The minimum absolute atomic E-state index is 0.00814. The minimum atomic E-state index is -0.861. The van der Waals surface area contributed by atoms with Crippen LogP contribution in [0.2, 0.25) is 0 Å². The van der Waals surface area contributed by atoms with Gasteiger partial charge in [-0.2, -0.15) is 0 Å². The van der Waals surface area contributed by atoms with Gasteiger partial charge in [0.1, 0.15) is 24.1 Å². The fourth-order valence-corrected chi connectivity index (χ4v) is 5.51. The summed E-state index contributed by atoms with van der Waals surface area (Å²) in [5.74, 6) is -1.27. The van der Waals surface area contributed by atoms with Gasteiger partial charge in [-0.25, -0.2) is 4.79 Å². The molecule has 2 N–H and O–H groups in total. The van der Waals surface area contributed by atoms with Gasteiger partial charge in [-0.15, -0.1) is 0 Å². The van der Waals surface area contributed by atoms with E-state index in [0.717, 1.165) is 22.3 Å². The molecule has 9 heteroatoms. The number of carboxylic acid groups (broad SMARTS) is 1. The molecule has 2 heterocycles. The van der Waals surface area contributed by atoms with Crippen molar-refractivity contribution in [2.45, 2.75) is 18.9 Å². The Bertz CT molecular complexity index is 1300. The molecule has 1 saturated carbocycles. The number of fused-ring (bicyclic) bond motifs is 4. The molecule has 0 radical (unpaired) electrons. The SMILES string of the molecule is O=C(NCc1nocc1C(=O)N1CC2CC2(C(=O)O)C1)OCC1c2ccccc2-c2ccccc21. The lowest BCUT2D eigenvalue weighted by molar-refractivity contribution is -0.143. The summed E-state index contributed by atoms with van der Waals surface area (Å²) < 4.78 is 10.5. The van der Waals surface area contributed by atoms with Crippen LogP contribution in [0, 0.1) is 11.3 Å². The molecule has 2 aromatic carbocycles. The summed E-state index contributed by atoms with van der Waals surface area (Å²) in [6.45, 7) is 0.707. The zero-order valence-electron chi connectivity index (χ0n) is 18.8. The van der Waals surface area contributed by atoms with Crippen molar-refractivity contribution in [1.29, 1.82) is 0 Å². The van der Waals surface area contributed by atoms with Crippen LogP contribution in [0.5, 0.6) is 0 Å². The number of ether oxygens (including phenoxy) is 1. The number of amides is 2. The second kappa shape index (κ2) is 7.97. The van der Waals surface area contributed by atoms with Crippen molar-refractivity contribution in [2.24, 2.45) is 11.3 Å². The first kappa shape index (κ1) is 21.4. The van der Waals surface area contributed by atoms with Crippen LogP contribution in [-0.2, 0) is 16.1 Å². The Labute approximate surface area is 200 Å². The highest BCUT2D eigenvalue weighted by Crippen LogP contribution is 2.58. The van der Waals surface area contributed by atoms with Gasteiger partial charge in [0.15, 0.2) is 0 Å². The Morgan fingerprint density at radius 1 is 1.11 bits per heavy atom. The number of aliphatic carboxylic acids is 1. The first-order valence-electron chi connectivity index (χ1n) is 11.5. The standard InChI is InChI=1S/C26H23N3O6/c30-23(29-11-15-9-26(15,14-29)24(31)32)21-13-35-28-22(21)10-27-25(33)34-12-20-18-7-3-1-5-16(18)17-6-2-4-8-19(17)20/h1-8,13,15,20H,9-12,14H2,(H,27,33)(H,31,32). The highest BCUT2D eigenvalue weighted by Gasteiger charge is 2.66. The second-order valence-electron chi connectivity index (χ2n) is 9.40. The molecule has 35 heavy (non-hydrogen) atoms. The van der Waals surface area contributed by atoms with E-state index in [2.05, 4.69) is 22.6 Å². The molecular formula is C26H23N3O6. The topological polar surface area (TPSA) is 122 Å². The Morgan fingerprint density at radius 3 is 2.46 bits per heavy atom. The number of nitrogens with zero attached hydrogens (tertiary/aromatic N) is 2. The average Bonchev–Trinajstić information content (AvgIpc) is 3.20. The Hall–Kier alpha value is -4.14. The number of alkyl carbamates (subject to hydrolysis) is 1. The van der Waals surface area contributed by atoms with Crippen LogP contribution in [0.1, 0.15) is 39.5 Å². The number of hydrogen-bond donors (Lipinski definition) is 2.